The molecular formula is C14H19N3O3S. The van der Waals surface area contributed by atoms with Crippen LogP contribution in [-0.4, -0.2) is 43.8 Å². The molecule has 2 saturated heterocycles. The fourth-order valence-electron chi connectivity index (χ4n) is 3.45. The summed E-state index contributed by atoms with van der Waals surface area (Å²) in [7, 11) is -3.54. The first kappa shape index (κ1) is 14.5. The van der Waals surface area contributed by atoms with Crippen LogP contribution in [0.4, 0.5) is 0 Å². The van der Waals surface area contributed by atoms with Crippen LogP contribution < -0.4 is 11.1 Å². The third kappa shape index (κ3) is 2.35. The average Bonchev–Trinajstić information content (AvgIpc) is 2.98. The van der Waals surface area contributed by atoms with Crippen LogP contribution in [0.5, 0.6) is 0 Å². The summed E-state index contributed by atoms with van der Waals surface area (Å²) >= 11 is 0. The van der Waals surface area contributed by atoms with Crippen molar-refractivity contribution >= 4 is 15.9 Å². The summed E-state index contributed by atoms with van der Waals surface area (Å²) < 4.78 is 27.3. The highest BCUT2D eigenvalue weighted by molar-refractivity contribution is 7.89. The molecule has 2 aliphatic heterocycles. The van der Waals surface area contributed by atoms with Crippen molar-refractivity contribution < 1.29 is 13.2 Å². The summed E-state index contributed by atoms with van der Waals surface area (Å²) in [6, 6.07) is 5.86. The van der Waals surface area contributed by atoms with E-state index in [2.05, 4.69) is 5.32 Å². The second-order valence-electron chi connectivity index (χ2n) is 5.79. The Balaban J connectivity index is 1.94. The number of rotatable bonds is 3. The summed E-state index contributed by atoms with van der Waals surface area (Å²) in [6.45, 7) is 3.53. The first-order chi connectivity index (χ1) is 9.91. The number of benzene rings is 1. The molecule has 7 heteroatoms. The quantitative estimate of drug-likeness (QED) is 0.831. The maximum Gasteiger partial charge on any atom is 0.248 e. The van der Waals surface area contributed by atoms with E-state index in [1.165, 1.54) is 24.3 Å². The Morgan fingerprint density at radius 3 is 2.57 bits per heavy atom. The van der Waals surface area contributed by atoms with Gasteiger partial charge in [-0.15, -0.1) is 0 Å². The van der Waals surface area contributed by atoms with Crippen molar-refractivity contribution in [3.8, 4) is 0 Å². The number of carbonyl (C=O) groups is 1. The standard InChI is InChI=1S/C14H19N3O3S/c1-9-6-11-7-16-8-13(11)17(9)21(19,20)12-4-2-10(3-5-12)14(15)18/h2-5,9,11,13,16H,6-8H2,1H3,(H2,15,18). The van der Waals surface area contributed by atoms with Gasteiger partial charge in [0, 0.05) is 24.2 Å². The molecule has 2 fully saturated rings. The zero-order chi connectivity index (χ0) is 15.2. The second kappa shape index (κ2) is 5.08. The monoisotopic (exact) mass is 309 g/mol. The molecule has 1 amide bonds. The van der Waals surface area contributed by atoms with Gasteiger partial charge >= 0.3 is 0 Å². The van der Waals surface area contributed by atoms with E-state index in [9.17, 15) is 13.2 Å². The number of primary amides is 1. The van der Waals surface area contributed by atoms with Gasteiger partial charge in [0.25, 0.3) is 0 Å². The van der Waals surface area contributed by atoms with Crippen LogP contribution in [-0.2, 0) is 10.0 Å². The highest BCUT2D eigenvalue weighted by Crippen LogP contribution is 2.36. The van der Waals surface area contributed by atoms with Crippen LogP contribution in [0.1, 0.15) is 23.7 Å². The Hall–Kier alpha value is -1.44. The molecule has 21 heavy (non-hydrogen) atoms. The van der Waals surface area contributed by atoms with Gasteiger partial charge in [-0.2, -0.15) is 4.31 Å². The van der Waals surface area contributed by atoms with Crippen molar-refractivity contribution in [3.63, 3.8) is 0 Å². The predicted molar refractivity (Wildman–Crippen MR) is 78.2 cm³/mol. The van der Waals surface area contributed by atoms with Gasteiger partial charge < -0.3 is 11.1 Å². The second-order valence-corrected chi connectivity index (χ2v) is 7.64. The van der Waals surface area contributed by atoms with E-state index in [0.717, 1.165) is 13.0 Å². The van der Waals surface area contributed by atoms with Gasteiger partial charge in [-0.3, -0.25) is 4.79 Å². The molecule has 2 heterocycles. The highest BCUT2D eigenvalue weighted by Gasteiger charge is 2.47. The fourth-order valence-corrected chi connectivity index (χ4v) is 5.34. The van der Waals surface area contributed by atoms with Gasteiger partial charge in [0.05, 0.1) is 4.90 Å². The number of sulfonamides is 1. The van der Waals surface area contributed by atoms with Gasteiger partial charge in [-0.25, -0.2) is 8.42 Å². The van der Waals surface area contributed by atoms with Crippen molar-refractivity contribution in [2.45, 2.75) is 30.3 Å². The maximum atomic E-state index is 12.9. The highest BCUT2D eigenvalue weighted by atomic mass is 32.2. The minimum Gasteiger partial charge on any atom is -0.366 e. The number of carbonyl (C=O) groups excluding carboxylic acids is 1. The van der Waals surface area contributed by atoms with Crippen molar-refractivity contribution in [2.24, 2.45) is 11.7 Å². The lowest BCUT2D eigenvalue weighted by Gasteiger charge is -2.26. The van der Waals surface area contributed by atoms with Crippen LogP contribution in [0.3, 0.4) is 0 Å². The number of nitrogens with two attached hydrogens (primary N) is 1. The van der Waals surface area contributed by atoms with E-state index in [1.807, 2.05) is 6.92 Å². The zero-order valence-electron chi connectivity index (χ0n) is 11.8. The van der Waals surface area contributed by atoms with E-state index in [1.54, 1.807) is 4.31 Å². The summed E-state index contributed by atoms with van der Waals surface area (Å²) in [5.74, 6) is -0.173. The maximum absolute atomic E-state index is 12.9. The Morgan fingerprint density at radius 2 is 1.95 bits per heavy atom. The Kier molecular flexibility index (Phi) is 3.51. The topological polar surface area (TPSA) is 92.5 Å². The third-order valence-electron chi connectivity index (χ3n) is 4.42. The minimum absolute atomic E-state index is 0.00270. The van der Waals surface area contributed by atoms with Crippen LogP contribution in [0.25, 0.3) is 0 Å². The lowest BCUT2D eigenvalue weighted by atomic mass is 10.0. The number of amides is 1. The smallest absolute Gasteiger partial charge is 0.248 e. The Morgan fingerprint density at radius 1 is 1.29 bits per heavy atom. The van der Waals surface area contributed by atoms with Crippen LogP contribution in [0.15, 0.2) is 29.2 Å². The van der Waals surface area contributed by atoms with E-state index >= 15 is 0 Å². The Labute approximate surface area is 124 Å². The molecular weight excluding hydrogens is 290 g/mol. The summed E-state index contributed by atoms with van der Waals surface area (Å²) in [4.78, 5) is 11.3. The molecule has 3 rings (SSSR count). The lowest BCUT2D eigenvalue weighted by Crippen LogP contribution is -2.42. The molecule has 6 nitrogen and oxygen atoms in total. The molecule has 0 spiro atoms. The van der Waals surface area contributed by atoms with E-state index in [0.29, 0.717) is 18.0 Å². The average molecular weight is 309 g/mol. The summed E-state index contributed by atoms with van der Waals surface area (Å²) in [5, 5.41) is 3.26. The normalized spacial score (nSPS) is 29.5. The molecule has 0 aliphatic carbocycles. The molecule has 3 unspecified atom stereocenters. The molecule has 0 radical (unpaired) electrons. The number of fused-ring (bicyclic) bond motifs is 1. The zero-order valence-corrected chi connectivity index (χ0v) is 12.6. The van der Waals surface area contributed by atoms with Crippen molar-refractivity contribution in [3.05, 3.63) is 29.8 Å². The lowest BCUT2D eigenvalue weighted by molar-refractivity contribution is 0.1000. The molecule has 114 valence electrons. The molecule has 0 saturated carbocycles. The first-order valence-electron chi connectivity index (χ1n) is 7.05. The molecule has 1 aromatic carbocycles. The van der Waals surface area contributed by atoms with E-state index < -0.39 is 15.9 Å². The number of hydrogen-bond acceptors (Lipinski definition) is 4. The third-order valence-corrected chi connectivity index (χ3v) is 6.48. The first-order valence-corrected chi connectivity index (χ1v) is 8.49. The van der Waals surface area contributed by atoms with Crippen LogP contribution in [0.2, 0.25) is 0 Å². The number of nitrogens with zero attached hydrogens (tertiary/aromatic N) is 1. The number of hydrogen-bond donors (Lipinski definition) is 2. The summed E-state index contributed by atoms with van der Waals surface area (Å²) in [5.41, 5.74) is 5.49. The van der Waals surface area contributed by atoms with Crippen molar-refractivity contribution in [1.29, 1.82) is 0 Å². The molecule has 3 atom stereocenters. The van der Waals surface area contributed by atoms with Gasteiger partial charge in [0.1, 0.15) is 0 Å². The van der Waals surface area contributed by atoms with Gasteiger partial charge in [0.2, 0.25) is 15.9 Å². The van der Waals surface area contributed by atoms with Gasteiger partial charge in [0.15, 0.2) is 0 Å². The van der Waals surface area contributed by atoms with E-state index in [-0.39, 0.29) is 17.0 Å². The van der Waals surface area contributed by atoms with Crippen LogP contribution in [0, 0.1) is 5.92 Å². The Bertz CT molecular complexity index is 657. The molecule has 0 aromatic heterocycles. The number of nitrogens with one attached hydrogen (secondary N) is 1. The molecule has 1 aromatic rings. The van der Waals surface area contributed by atoms with Gasteiger partial charge in [-0.05, 0) is 50.1 Å². The fraction of sp³-hybridized carbons (Fsp3) is 0.500. The molecule has 0 bridgehead atoms. The van der Waals surface area contributed by atoms with Crippen LogP contribution >= 0.6 is 0 Å². The summed E-state index contributed by atoms with van der Waals surface area (Å²) in [6.07, 6.45) is 0.885. The molecule has 3 N–H and O–H groups in total. The molecule has 2 aliphatic rings. The van der Waals surface area contributed by atoms with Crippen molar-refractivity contribution in [2.75, 3.05) is 13.1 Å². The van der Waals surface area contributed by atoms with E-state index in [4.69, 9.17) is 5.73 Å². The predicted octanol–water partition coefficient (Wildman–Crippen LogP) is 0.156. The van der Waals surface area contributed by atoms with Gasteiger partial charge in [-0.1, -0.05) is 0 Å². The largest absolute Gasteiger partial charge is 0.366 e. The minimum atomic E-state index is -3.54. The SMILES string of the molecule is CC1CC2CNCC2N1S(=O)(=O)c1ccc(C(N)=O)cc1. The van der Waals surface area contributed by atoms with Crippen molar-refractivity contribution in [1.82, 2.24) is 9.62 Å².